The van der Waals surface area contributed by atoms with Gasteiger partial charge in [-0.25, -0.2) is 0 Å². The van der Waals surface area contributed by atoms with Crippen LogP contribution in [0.1, 0.15) is 52.7 Å². The molecule has 0 radical (unpaired) electrons. The number of nitrogens with zero attached hydrogens (tertiary/aromatic N) is 6. The summed E-state index contributed by atoms with van der Waals surface area (Å²) in [4.78, 5) is 11.6. The summed E-state index contributed by atoms with van der Waals surface area (Å²) in [5, 5.41) is 2.22. The Morgan fingerprint density at radius 1 is 0.723 bits per heavy atom. The molecule has 4 aromatic heterocycles. The fraction of sp³-hybridized carbons (Fsp3) is 0.225. The zero-order valence-corrected chi connectivity index (χ0v) is 30.1. The Morgan fingerprint density at radius 2 is 1.45 bits per heavy atom. The summed E-state index contributed by atoms with van der Waals surface area (Å²) in [5.41, 5.74) is 8.19. The molecule has 0 atom stereocenters. The minimum absolute atomic E-state index is 0.130. The van der Waals surface area contributed by atoms with Crippen molar-refractivity contribution < 1.29 is 19.4 Å². The van der Waals surface area contributed by atoms with Crippen molar-refractivity contribution in [3.8, 4) is 11.5 Å². The molecule has 0 saturated heterocycles. The molecular weight excluding hydrogens is 760 g/mol. The molecule has 3 aromatic carbocycles. The van der Waals surface area contributed by atoms with E-state index in [0.29, 0.717) is 0 Å². The molecule has 0 amide bonds. The van der Waals surface area contributed by atoms with Crippen molar-refractivity contribution in [1.29, 1.82) is 0 Å². The van der Waals surface area contributed by atoms with E-state index in [1.54, 1.807) is 0 Å². The zero-order chi connectivity index (χ0) is 33.1. The standard InChI is InChI=1S/C40H38N6.Pt/c1-39(2,3)33-14-11-15-34(40(4,5)6)38(33)45(29-13-10-12-28(24-29)44-23-22-43(7)27-44)30-17-18-31-32-19-21-41-26-36(32)46(35(31)25-30)37-16-8-9-20-42-37;/h8-23,26H,1-7H3;/q-2;. The first-order valence-corrected chi connectivity index (χ1v) is 16.9. The van der Waals surface area contributed by atoms with E-state index in [2.05, 4.69) is 171 Å². The van der Waals surface area contributed by atoms with Crippen molar-refractivity contribution >= 4 is 38.9 Å². The quantitative estimate of drug-likeness (QED) is 0.163. The molecule has 0 bridgehead atoms. The van der Waals surface area contributed by atoms with Gasteiger partial charge in [-0.05, 0) is 6.07 Å². The first-order chi connectivity index (χ1) is 22.4. The van der Waals surface area contributed by atoms with Crippen LogP contribution in [0.3, 0.4) is 0 Å². The maximum atomic E-state index is 4.75. The SMILES string of the molecule is Cn1ccn(-c2[c-]c(N(c3[c-]c4c(cc3)c3ccncc3n4-c3ccccn3)c3c(C(C)(C)C)cccc3C(C)(C)C)ccc2)[c]1=[Pt]. The second kappa shape index (κ2) is 11.6. The van der Waals surface area contributed by atoms with Gasteiger partial charge in [0.15, 0.2) is 0 Å². The summed E-state index contributed by atoms with van der Waals surface area (Å²) < 4.78 is 7.54. The molecule has 4 heterocycles. The molecule has 0 fully saturated rings. The van der Waals surface area contributed by atoms with E-state index in [0.717, 1.165) is 54.2 Å². The normalized spacial score (nSPS) is 12.3. The number of aromatic nitrogens is 5. The molecule has 240 valence electrons. The van der Waals surface area contributed by atoms with Gasteiger partial charge < -0.3 is 0 Å². The van der Waals surface area contributed by atoms with Gasteiger partial charge >= 0.3 is 259 Å². The third-order valence-corrected chi connectivity index (χ3v) is 9.97. The first-order valence-electron chi connectivity index (χ1n) is 15.8. The summed E-state index contributed by atoms with van der Waals surface area (Å²) in [6, 6.07) is 33.3. The predicted molar refractivity (Wildman–Crippen MR) is 188 cm³/mol. The number of hydrogen-bond acceptors (Lipinski definition) is 3. The van der Waals surface area contributed by atoms with Crippen molar-refractivity contribution in [2.45, 2.75) is 52.4 Å². The van der Waals surface area contributed by atoms with E-state index < -0.39 is 0 Å². The third kappa shape index (κ3) is 5.49. The Bertz CT molecular complexity index is 2280. The Morgan fingerprint density at radius 3 is 2.11 bits per heavy atom. The second-order valence-electron chi connectivity index (χ2n) is 14.0. The Balaban J connectivity index is 1.58. The second-order valence-corrected chi connectivity index (χ2v) is 15.0. The molecule has 7 aromatic rings. The molecule has 0 aliphatic carbocycles. The minimum atomic E-state index is -0.130. The van der Waals surface area contributed by atoms with Gasteiger partial charge in [-0.15, -0.1) is 0 Å². The van der Waals surface area contributed by atoms with Crippen LogP contribution < -0.4 is 4.90 Å². The van der Waals surface area contributed by atoms with Gasteiger partial charge in [-0.3, -0.25) is 4.98 Å². The summed E-state index contributed by atoms with van der Waals surface area (Å²) in [7, 11) is 2.06. The number of rotatable bonds is 5. The number of pyridine rings is 2. The molecule has 0 N–H and O–H groups in total. The van der Waals surface area contributed by atoms with Crippen molar-refractivity contribution in [2.75, 3.05) is 4.90 Å². The molecule has 0 aliphatic rings. The average Bonchev–Trinajstić information content (AvgIpc) is 3.56. The van der Waals surface area contributed by atoms with Crippen molar-refractivity contribution in [3.05, 3.63) is 131 Å². The third-order valence-electron chi connectivity index (χ3n) is 8.62. The molecule has 0 saturated carbocycles. The summed E-state index contributed by atoms with van der Waals surface area (Å²) >= 11 is 2.37. The van der Waals surface area contributed by atoms with Crippen LogP contribution in [0, 0.1) is 15.9 Å². The van der Waals surface area contributed by atoms with Gasteiger partial charge in [-0.1, -0.05) is 6.07 Å². The Labute approximate surface area is 287 Å². The molecule has 47 heavy (non-hydrogen) atoms. The van der Waals surface area contributed by atoms with E-state index in [9.17, 15) is 0 Å². The van der Waals surface area contributed by atoms with Crippen molar-refractivity contribution in [2.24, 2.45) is 7.05 Å². The number of hydrogen-bond donors (Lipinski definition) is 0. The van der Waals surface area contributed by atoms with E-state index in [1.807, 2.05) is 36.8 Å². The van der Waals surface area contributed by atoms with Crippen molar-refractivity contribution in [1.82, 2.24) is 23.7 Å². The van der Waals surface area contributed by atoms with Gasteiger partial charge in [0, 0.05) is 12.4 Å². The maximum absolute atomic E-state index is 4.75. The molecule has 0 spiro atoms. The van der Waals surface area contributed by atoms with Crippen LogP contribution in [0.5, 0.6) is 0 Å². The van der Waals surface area contributed by atoms with E-state index in [4.69, 9.17) is 4.98 Å². The number of anilines is 3. The van der Waals surface area contributed by atoms with Gasteiger partial charge in [-0.2, -0.15) is 0 Å². The van der Waals surface area contributed by atoms with Gasteiger partial charge in [0.2, 0.25) is 0 Å². The average molecular weight is 798 g/mol. The van der Waals surface area contributed by atoms with Crippen LogP contribution in [-0.2, 0) is 37.2 Å². The van der Waals surface area contributed by atoms with Crippen LogP contribution in [0.2, 0.25) is 0 Å². The van der Waals surface area contributed by atoms with Gasteiger partial charge in [0.05, 0.1) is 0 Å². The fourth-order valence-corrected chi connectivity index (χ4v) is 6.95. The van der Waals surface area contributed by atoms with Crippen LogP contribution in [0.15, 0.2) is 104 Å². The molecule has 6 nitrogen and oxygen atoms in total. The Hall–Kier alpha value is -4.54. The molecular formula is C40H38N6Pt-2. The number of benzene rings is 3. The summed E-state index contributed by atoms with van der Waals surface area (Å²) in [5.74, 6) is 0.828. The van der Waals surface area contributed by atoms with E-state index in [1.165, 1.54) is 11.1 Å². The Kier molecular flexibility index (Phi) is 7.68. The number of para-hydroxylation sites is 1. The topological polar surface area (TPSA) is 43.8 Å². The first kappa shape index (κ1) is 31.1. The van der Waals surface area contributed by atoms with E-state index in [-0.39, 0.29) is 10.8 Å². The number of aryl methyl sites for hydroxylation is 1. The van der Waals surface area contributed by atoms with Crippen LogP contribution >= 0.6 is 0 Å². The van der Waals surface area contributed by atoms with Gasteiger partial charge in [0.1, 0.15) is 0 Å². The van der Waals surface area contributed by atoms with Crippen LogP contribution in [0.4, 0.5) is 17.1 Å². The fourth-order valence-electron chi connectivity index (χ4n) is 6.34. The van der Waals surface area contributed by atoms with Crippen LogP contribution in [-0.4, -0.2) is 23.7 Å². The monoisotopic (exact) mass is 797 g/mol. The summed E-state index contributed by atoms with van der Waals surface area (Å²) in [6.07, 6.45) is 9.75. The molecule has 0 unspecified atom stereocenters. The van der Waals surface area contributed by atoms with E-state index >= 15 is 0 Å². The number of imidazole rings is 1. The molecule has 7 heteroatoms. The zero-order valence-electron chi connectivity index (χ0n) is 27.8. The number of fused-ring (bicyclic) bond motifs is 3. The van der Waals surface area contributed by atoms with Crippen LogP contribution in [0.25, 0.3) is 33.3 Å². The molecule has 7 rings (SSSR count). The van der Waals surface area contributed by atoms with Gasteiger partial charge in [0.25, 0.3) is 0 Å². The molecule has 0 aliphatic heterocycles. The van der Waals surface area contributed by atoms with Crippen molar-refractivity contribution in [3.63, 3.8) is 0 Å². The summed E-state index contributed by atoms with van der Waals surface area (Å²) in [6.45, 7) is 13.7. The predicted octanol–water partition coefficient (Wildman–Crippen LogP) is 9.45.